The molecule has 3 atom stereocenters. The van der Waals surface area contributed by atoms with Gasteiger partial charge in [0.1, 0.15) is 5.60 Å². The minimum absolute atomic E-state index is 0. The van der Waals surface area contributed by atoms with E-state index in [1.807, 2.05) is 19.2 Å². The summed E-state index contributed by atoms with van der Waals surface area (Å²) in [5, 5.41) is 0. The summed E-state index contributed by atoms with van der Waals surface area (Å²) in [5.41, 5.74) is 6.86. The van der Waals surface area contributed by atoms with E-state index in [1.165, 1.54) is 19.3 Å². The Kier molecular flexibility index (Phi) is 5.15. The van der Waals surface area contributed by atoms with Crippen molar-refractivity contribution in [1.82, 2.24) is 4.90 Å². The lowest BCUT2D eigenvalue weighted by Gasteiger charge is -2.54. The van der Waals surface area contributed by atoms with Gasteiger partial charge in [-0.1, -0.05) is 18.6 Å². The van der Waals surface area contributed by atoms with E-state index < -0.39 is 0 Å². The molecular weight excluding hydrogens is 300 g/mol. The van der Waals surface area contributed by atoms with Gasteiger partial charge in [-0.2, -0.15) is 0 Å². The number of primary amides is 1. The topological polar surface area (TPSA) is 55.6 Å². The summed E-state index contributed by atoms with van der Waals surface area (Å²) in [7, 11) is 4.00. The number of nitrogens with two attached hydrogens (primary N) is 1. The molecule has 0 spiro atoms. The first kappa shape index (κ1) is 17.3. The van der Waals surface area contributed by atoms with Gasteiger partial charge in [-0.25, -0.2) is 0 Å². The fourth-order valence-electron chi connectivity index (χ4n) is 4.49. The second kappa shape index (κ2) is 6.57. The number of piperidine rings is 1. The van der Waals surface area contributed by atoms with Gasteiger partial charge in [-0.3, -0.25) is 4.79 Å². The summed E-state index contributed by atoms with van der Waals surface area (Å²) >= 11 is 0. The predicted molar refractivity (Wildman–Crippen MR) is 89.2 cm³/mol. The normalized spacial score (nSPS) is 31.4. The van der Waals surface area contributed by atoms with Crippen LogP contribution in [0.15, 0.2) is 24.3 Å². The van der Waals surface area contributed by atoms with Crippen LogP contribution in [0.2, 0.25) is 0 Å². The van der Waals surface area contributed by atoms with E-state index >= 15 is 0 Å². The fraction of sp³-hybridized carbons (Fsp3) is 0.588. The molecule has 3 rings (SSSR count). The van der Waals surface area contributed by atoms with E-state index in [2.05, 4.69) is 18.0 Å². The molecule has 1 aromatic carbocycles. The highest BCUT2D eigenvalue weighted by Gasteiger charge is 2.52. The van der Waals surface area contributed by atoms with Crippen molar-refractivity contribution in [3.05, 3.63) is 35.4 Å². The molecule has 0 aromatic heterocycles. The largest absolute Gasteiger partial charge is 0.373 e. The summed E-state index contributed by atoms with van der Waals surface area (Å²) in [6, 6.07) is 7.72. The summed E-state index contributed by atoms with van der Waals surface area (Å²) in [6.07, 6.45) is 3.62. The number of benzene rings is 1. The number of ether oxygens (including phenoxy) is 1. The Bertz CT molecular complexity index is 535. The molecule has 1 aromatic rings. The minimum Gasteiger partial charge on any atom is -0.373 e. The van der Waals surface area contributed by atoms with Crippen LogP contribution in [-0.2, 0) is 10.3 Å². The number of fused-ring (bicyclic) bond motifs is 2. The first-order valence-corrected chi connectivity index (χ1v) is 7.72. The molecule has 0 radical (unpaired) electrons. The third-order valence-electron chi connectivity index (χ3n) is 5.32. The first-order chi connectivity index (χ1) is 10.1. The van der Waals surface area contributed by atoms with Gasteiger partial charge in [0.05, 0.1) is 0 Å². The van der Waals surface area contributed by atoms with Crippen LogP contribution >= 0.6 is 12.4 Å². The second-order valence-electron chi connectivity index (χ2n) is 6.49. The van der Waals surface area contributed by atoms with Crippen LogP contribution in [0.3, 0.4) is 0 Å². The average molecular weight is 325 g/mol. The van der Waals surface area contributed by atoms with E-state index in [0.717, 1.165) is 18.7 Å². The van der Waals surface area contributed by atoms with Crippen LogP contribution in [0.1, 0.15) is 35.2 Å². The molecule has 1 saturated carbocycles. The van der Waals surface area contributed by atoms with Crippen molar-refractivity contribution in [2.45, 2.75) is 24.9 Å². The van der Waals surface area contributed by atoms with Gasteiger partial charge in [0.25, 0.3) is 0 Å². The molecule has 1 amide bonds. The van der Waals surface area contributed by atoms with Crippen LogP contribution < -0.4 is 5.73 Å². The molecule has 5 heteroatoms. The maximum atomic E-state index is 11.5. The van der Waals surface area contributed by atoms with Gasteiger partial charge in [-0.05, 0) is 37.6 Å². The van der Waals surface area contributed by atoms with Gasteiger partial charge in [0, 0.05) is 37.6 Å². The molecule has 4 nitrogen and oxygen atoms in total. The fourth-order valence-corrected chi connectivity index (χ4v) is 4.49. The maximum absolute atomic E-state index is 11.5. The molecule has 1 heterocycles. The lowest BCUT2D eigenvalue weighted by atomic mass is 9.62. The standard InChI is InChI=1S/C17H24N2O2.ClH/c1-19-10-14-7-4-8-15(11-19)17(14,21-2)13-6-3-5-12(9-13)16(18)20;/h3,5-6,9,14-15H,4,7-8,10-11H2,1-2H3,(H2,18,20);1H/t14-,15+,17+;. The minimum atomic E-state index is -0.374. The van der Waals surface area contributed by atoms with Crippen LogP contribution in [0, 0.1) is 11.8 Å². The number of nitrogens with zero attached hydrogens (tertiary/aromatic N) is 1. The Morgan fingerprint density at radius 3 is 2.50 bits per heavy atom. The molecular formula is C17H25ClN2O2. The summed E-state index contributed by atoms with van der Waals surface area (Å²) in [5.74, 6) is 0.576. The Labute approximate surface area is 138 Å². The van der Waals surface area contributed by atoms with Crippen molar-refractivity contribution < 1.29 is 9.53 Å². The summed E-state index contributed by atoms with van der Waals surface area (Å²) in [6.45, 7) is 2.09. The highest BCUT2D eigenvalue weighted by Crippen LogP contribution is 2.51. The van der Waals surface area contributed by atoms with Crippen LogP contribution in [-0.4, -0.2) is 38.1 Å². The molecule has 2 bridgehead atoms. The molecule has 1 aliphatic carbocycles. The predicted octanol–water partition coefficient (Wildman–Crippen LogP) is 2.41. The number of carbonyl (C=O) groups excluding carboxylic acids is 1. The highest BCUT2D eigenvalue weighted by atomic mass is 35.5. The number of likely N-dealkylation sites (tertiary alicyclic amines) is 1. The second-order valence-corrected chi connectivity index (χ2v) is 6.49. The zero-order valence-corrected chi connectivity index (χ0v) is 14.1. The lowest BCUT2D eigenvalue weighted by Crippen LogP contribution is -2.58. The zero-order valence-electron chi connectivity index (χ0n) is 13.2. The Hall–Kier alpha value is -1.10. The van der Waals surface area contributed by atoms with Gasteiger partial charge < -0.3 is 15.4 Å². The smallest absolute Gasteiger partial charge is 0.248 e. The van der Waals surface area contributed by atoms with Crippen LogP contribution in [0.4, 0.5) is 0 Å². The number of hydrogen-bond acceptors (Lipinski definition) is 3. The molecule has 2 aliphatic rings. The molecule has 0 unspecified atom stereocenters. The maximum Gasteiger partial charge on any atom is 0.248 e. The first-order valence-electron chi connectivity index (χ1n) is 7.72. The Morgan fingerprint density at radius 2 is 1.95 bits per heavy atom. The van der Waals surface area contributed by atoms with Crippen LogP contribution in [0.5, 0.6) is 0 Å². The van der Waals surface area contributed by atoms with Gasteiger partial charge in [0.15, 0.2) is 0 Å². The molecule has 2 N–H and O–H groups in total. The summed E-state index contributed by atoms with van der Waals surface area (Å²) in [4.78, 5) is 13.9. The van der Waals surface area contributed by atoms with Crippen molar-refractivity contribution in [3.8, 4) is 0 Å². The van der Waals surface area contributed by atoms with E-state index in [1.54, 1.807) is 6.07 Å². The molecule has 1 saturated heterocycles. The van der Waals surface area contributed by atoms with E-state index in [0.29, 0.717) is 17.4 Å². The average Bonchev–Trinajstić information content (AvgIpc) is 2.46. The Morgan fingerprint density at radius 1 is 1.32 bits per heavy atom. The molecule has 122 valence electrons. The third kappa shape index (κ3) is 2.64. The van der Waals surface area contributed by atoms with Gasteiger partial charge in [-0.15, -0.1) is 12.4 Å². The van der Waals surface area contributed by atoms with E-state index in [-0.39, 0.29) is 23.9 Å². The number of rotatable bonds is 3. The van der Waals surface area contributed by atoms with E-state index in [4.69, 9.17) is 10.5 Å². The number of halogens is 1. The van der Waals surface area contributed by atoms with E-state index in [9.17, 15) is 4.79 Å². The molecule has 2 fully saturated rings. The molecule has 22 heavy (non-hydrogen) atoms. The number of amides is 1. The Balaban J connectivity index is 0.00000176. The van der Waals surface area contributed by atoms with Crippen molar-refractivity contribution in [3.63, 3.8) is 0 Å². The monoisotopic (exact) mass is 324 g/mol. The quantitative estimate of drug-likeness (QED) is 0.929. The summed E-state index contributed by atoms with van der Waals surface area (Å²) < 4.78 is 6.14. The van der Waals surface area contributed by atoms with Gasteiger partial charge in [0.2, 0.25) is 5.91 Å². The molecule has 1 aliphatic heterocycles. The van der Waals surface area contributed by atoms with Crippen molar-refractivity contribution >= 4 is 18.3 Å². The lowest BCUT2D eigenvalue weighted by molar-refractivity contribution is -0.165. The van der Waals surface area contributed by atoms with Crippen molar-refractivity contribution in [2.24, 2.45) is 17.6 Å². The number of methoxy groups -OCH3 is 1. The number of hydrogen-bond donors (Lipinski definition) is 1. The van der Waals surface area contributed by atoms with Gasteiger partial charge >= 0.3 is 0 Å². The third-order valence-corrected chi connectivity index (χ3v) is 5.32. The number of carbonyl (C=O) groups is 1. The highest BCUT2D eigenvalue weighted by molar-refractivity contribution is 5.92. The van der Waals surface area contributed by atoms with Crippen LogP contribution in [0.25, 0.3) is 0 Å². The SMILES string of the molecule is CO[C@@]1(c2cccc(C(N)=O)c2)[C@@H]2CCC[C@H]1CN(C)C2.Cl. The zero-order chi connectivity index (χ0) is 15.0. The van der Waals surface area contributed by atoms with Crippen molar-refractivity contribution in [1.29, 1.82) is 0 Å². The van der Waals surface area contributed by atoms with Crippen molar-refractivity contribution in [2.75, 3.05) is 27.2 Å².